The van der Waals surface area contributed by atoms with Crippen molar-refractivity contribution in [3.63, 3.8) is 0 Å². The molecule has 1 aromatic carbocycles. The molecule has 0 spiro atoms. The molecule has 0 amide bonds. The molecule has 2 aromatic rings. The summed E-state index contributed by atoms with van der Waals surface area (Å²) in [6.07, 6.45) is 3.71. The van der Waals surface area contributed by atoms with Crippen molar-refractivity contribution >= 4 is 15.7 Å². The van der Waals surface area contributed by atoms with Crippen LogP contribution in [0.25, 0.3) is 0 Å². The molecule has 0 atom stereocenters. The number of rotatable bonds is 4. The van der Waals surface area contributed by atoms with Crippen molar-refractivity contribution in [3.8, 4) is 5.75 Å². The monoisotopic (exact) mass is 280 g/mol. The summed E-state index contributed by atoms with van der Waals surface area (Å²) in [5.41, 5.74) is 1.08. The first-order chi connectivity index (χ1) is 8.96. The summed E-state index contributed by atoms with van der Waals surface area (Å²) in [4.78, 5) is 4.19. The number of aromatic nitrogens is 3. The molecule has 7 heteroatoms. The molecule has 1 N–H and O–H groups in total. The van der Waals surface area contributed by atoms with Gasteiger partial charge in [-0.2, -0.15) is 9.35 Å². The van der Waals surface area contributed by atoms with E-state index in [4.69, 9.17) is 4.74 Å². The van der Waals surface area contributed by atoms with Gasteiger partial charge in [-0.15, -0.1) is 5.10 Å². The van der Waals surface area contributed by atoms with Gasteiger partial charge in [0.05, 0.1) is 7.11 Å². The third kappa shape index (κ3) is 4.06. The van der Waals surface area contributed by atoms with Gasteiger partial charge >= 0.3 is 0 Å². The normalized spacial score (nSPS) is 11.3. The molecule has 0 unspecified atom stereocenters. The molecule has 0 bridgehead atoms. The molecular formula is C12H16N4O2S. The van der Waals surface area contributed by atoms with E-state index in [0.29, 0.717) is 12.2 Å². The summed E-state index contributed by atoms with van der Waals surface area (Å²) >= 11 is 0. The van der Waals surface area contributed by atoms with E-state index < -0.39 is 9.73 Å². The lowest BCUT2D eigenvalue weighted by Crippen LogP contribution is -1.91. The number of hydrogen-bond donors (Lipinski definition) is 1. The van der Waals surface area contributed by atoms with Crippen LogP contribution in [0.3, 0.4) is 0 Å². The average Bonchev–Trinajstić information content (AvgIpc) is 2.75. The Morgan fingerprint density at radius 2 is 2.00 bits per heavy atom. The molecule has 6 nitrogen and oxygen atoms in total. The predicted octanol–water partition coefficient (Wildman–Crippen LogP) is 1.76. The van der Waals surface area contributed by atoms with Crippen molar-refractivity contribution in [1.29, 1.82) is 0 Å². The topological polar surface area (TPSA) is 80.2 Å². The van der Waals surface area contributed by atoms with Gasteiger partial charge in [-0.1, -0.05) is 12.1 Å². The third-order valence-electron chi connectivity index (χ3n) is 2.35. The number of benzene rings is 1. The fourth-order valence-electron chi connectivity index (χ4n) is 1.54. The Morgan fingerprint density at radius 3 is 2.58 bits per heavy atom. The molecule has 0 fully saturated rings. The Labute approximate surface area is 112 Å². The van der Waals surface area contributed by atoms with Crippen molar-refractivity contribution in [2.75, 3.05) is 19.6 Å². The van der Waals surface area contributed by atoms with Crippen LogP contribution >= 0.6 is 0 Å². The zero-order chi connectivity index (χ0) is 13.9. The average molecular weight is 280 g/mol. The van der Waals surface area contributed by atoms with E-state index in [1.807, 2.05) is 24.3 Å². The highest BCUT2D eigenvalue weighted by Gasteiger charge is 2.04. The first-order valence-electron chi connectivity index (χ1n) is 5.67. The number of H-pyrrole nitrogens is 1. The summed E-state index contributed by atoms with van der Waals surface area (Å²) in [5, 5.41) is 6.72. The van der Waals surface area contributed by atoms with E-state index in [1.54, 1.807) is 19.6 Å². The van der Waals surface area contributed by atoms with E-state index in [9.17, 15) is 4.21 Å². The maximum Gasteiger partial charge on any atom is 0.276 e. The van der Waals surface area contributed by atoms with Gasteiger partial charge in [-0.25, -0.2) is 4.21 Å². The van der Waals surface area contributed by atoms with Crippen LogP contribution in [-0.4, -0.2) is 39.0 Å². The minimum absolute atomic E-state index is 0.235. The van der Waals surface area contributed by atoms with Gasteiger partial charge in [0.25, 0.3) is 5.95 Å². The highest BCUT2D eigenvalue weighted by atomic mass is 32.2. The van der Waals surface area contributed by atoms with Gasteiger partial charge in [0.1, 0.15) is 11.6 Å². The molecule has 0 saturated carbocycles. The molecule has 1 heterocycles. The van der Waals surface area contributed by atoms with Crippen molar-refractivity contribution < 1.29 is 8.95 Å². The molecule has 0 saturated heterocycles. The lowest BCUT2D eigenvalue weighted by atomic mass is 10.1. The van der Waals surface area contributed by atoms with Crippen LogP contribution in [0.2, 0.25) is 0 Å². The maximum absolute atomic E-state index is 11.5. The standard InChI is InChI=1S/C12H16N4O2S/c1-18-10-6-4-9(5-7-10)8-11-13-12(15-14-11)16-19(2,3)17/h4-7H,8H2,1-3H3,(H,13,14,15). The Balaban J connectivity index is 2.13. The van der Waals surface area contributed by atoms with Gasteiger partial charge < -0.3 is 4.74 Å². The van der Waals surface area contributed by atoms with Crippen LogP contribution in [0.5, 0.6) is 5.75 Å². The van der Waals surface area contributed by atoms with E-state index in [2.05, 4.69) is 19.5 Å². The maximum atomic E-state index is 11.5. The lowest BCUT2D eigenvalue weighted by molar-refractivity contribution is 0.414. The summed E-state index contributed by atoms with van der Waals surface area (Å²) in [7, 11) is -0.601. The van der Waals surface area contributed by atoms with E-state index in [0.717, 1.165) is 11.3 Å². The second-order valence-electron chi connectivity index (χ2n) is 4.38. The minimum atomic E-state index is -2.23. The molecule has 0 aliphatic heterocycles. The van der Waals surface area contributed by atoms with Crippen LogP contribution in [-0.2, 0) is 16.1 Å². The van der Waals surface area contributed by atoms with Crippen LogP contribution in [0.1, 0.15) is 11.4 Å². The largest absolute Gasteiger partial charge is 0.497 e. The molecule has 19 heavy (non-hydrogen) atoms. The quantitative estimate of drug-likeness (QED) is 0.925. The fraction of sp³-hybridized carbons (Fsp3) is 0.333. The molecule has 0 aliphatic carbocycles. The molecule has 1 aromatic heterocycles. The van der Waals surface area contributed by atoms with Crippen molar-refractivity contribution in [2.45, 2.75) is 6.42 Å². The van der Waals surface area contributed by atoms with E-state index in [-0.39, 0.29) is 5.95 Å². The molecule has 0 radical (unpaired) electrons. The summed E-state index contributed by atoms with van der Waals surface area (Å²) in [6, 6.07) is 7.70. The zero-order valence-corrected chi connectivity index (χ0v) is 11.9. The van der Waals surface area contributed by atoms with Crippen molar-refractivity contribution in [1.82, 2.24) is 15.2 Å². The molecule has 2 rings (SSSR count). The predicted molar refractivity (Wildman–Crippen MR) is 74.3 cm³/mol. The lowest BCUT2D eigenvalue weighted by Gasteiger charge is -2.01. The summed E-state index contributed by atoms with van der Waals surface area (Å²) < 4.78 is 20.6. The number of nitrogens with zero attached hydrogens (tertiary/aromatic N) is 3. The number of aromatic amines is 1. The molecular weight excluding hydrogens is 264 g/mol. The highest BCUT2D eigenvalue weighted by Crippen LogP contribution is 2.14. The Morgan fingerprint density at radius 1 is 1.32 bits per heavy atom. The third-order valence-corrected chi connectivity index (χ3v) is 2.96. The van der Waals surface area contributed by atoms with Gasteiger partial charge in [0.15, 0.2) is 0 Å². The Kier molecular flexibility index (Phi) is 3.84. The fourth-order valence-corrected chi connectivity index (χ4v) is 2.01. The Bertz CT molecular complexity index is 661. The summed E-state index contributed by atoms with van der Waals surface area (Å²) in [6.45, 7) is 0. The molecule has 102 valence electrons. The van der Waals surface area contributed by atoms with Crippen LogP contribution in [0.4, 0.5) is 5.95 Å². The highest BCUT2D eigenvalue weighted by molar-refractivity contribution is 7.92. The van der Waals surface area contributed by atoms with Gasteiger partial charge in [-0.3, -0.25) is 5.10 Å². The first-order valence-corrected chi connectivity index (χ1v) is 8.01. The summed E-state index contributed by atoms with van der Waals surface area (Å²) in [5.74, 6) is 1.74. The van der Waals surface area contributed by atoms with E-state index >= 15 is 0 Å². The second-order valence-corrected chi connectivity index (χ2v) is 6.92. The number of ether oxygens (including phenoxy) is 1. The number of methoxy groups -OCH3 is 1. The van der Waals surface area contributed by atoms with Gasteiger partial charge in [0, 0.05) is 28.7 Å². The van der Waals surface area contributed by atoms with E-state index in [1.165, 1.54) is 0 Å². The Hall–Kier alpha value is -1.89. The minimum Gasteiger partial charge on any atom is -0.497 e. The zero-order valence-electron chi connectivity index (χ0n) is 11.1. The van der Waals surface area contributed by atoms with Crippen LogP contribution in [0.15, 0.2) is 28.6 Å². The smallest absolute Gasteiger partial charge is 0.276 e. The first kappa shape index (κ1) is 13.5. The number of nitrogens with one attached hydrogen (secondary N) is 1. The number of hydrogen-bond acceptors (Lipinski definition) is 5. The van der Waals surface area contributed by atoms with Crippen LogP contribution in [0, 0.1) is 0 Å². The SMILES string of the molecule is COc1ccc(Cc2nc(N=S(C)(C)=O)n[nH]2)cc1. The van der Waals surface area contributed by atoms with Gasteiger partial charge in [-0.05, 0) is 17.7 Å². The second kappa shape index (κ2) is 5.40. The van der Waals surface area contributed by atoms with Crippen molar-refractivity contribution in [3.05, 3.63) is 35.7 Å². The van der Waals surface area contributed by atoms with Gasteiger partial charge in [0.2, 0.25) is 0 Å². The van der Waals surface area contributed by atoms with Crippen LogP contribution < -0.4 is 4.74 Å². The molecule has 0 aliphatic rings. The van der Waals surface area contributed by atoms with Crippen molar-refractivity contribution in [2.24, 2.45) is 4.36 Å².